The molecule has 1 aliphatic rings. The second kappa shape index (κ2) is 10.4. The topological polar surface area (TPSA) is 146 Å². The molecule has 9 heteroatoms. The molecule has 2 heterocycles. The van der Waals surface area contributed by atoms with Crippen LogP contribution < -0.4 is 27.0 Å². The van der Waals surface area contributed by atoms with E-state index in [1.54, 1.807) is 19.2 Å². The van der Waals surface area contributed by atoms with Gasteiger partial charge in [-0.1, -0.05) is 36.4 Å². The number of hydrogen-bond acceptors (Lipinski definition) is 7. The van der Waals surface area contributed by atoms with Crippen LogP contribution in [0, 0.1) is 11.3 Å². The molecule has 2 unspecified atom stereocenters. The number of hydrogen-bond donors (Lipinski definition) is 5. The third-order valence-corrected chi connectivity index (χ3v) is 6.43. The Morgan fingerprint density at radius 2 is 1.91 bits per heavy atom. The number of amidine groups is 1. The molecule has 1 amide bonds. The highest BCUT2D eigenvalue weighted by atomic mass is 16.1. The summed E-state index contributed by atoms with van der Waals surface area (Å²) >= 11 is 0. The molecule has 0 saturated carbocycles. The fourth-order valence-corrected chi connectivity index (χ4v) is 4.38. The molecule has 1 aliphatic heterocycles. The number of anilines is 3. The molecule has 0 spiro atoms. The monoisotopic (exact) mass is 472 g/mol. The maximum absolute atomic E-state index is 13.0. The molecule has 1 aromatic heterocycles. The predicted molar refractivity (Wildman–Crippen MR) is 140 cm³/mol. The first-order chi connectivity index (χ1) is 16.9. The zero-order valence-electron chi connectivity index (χ0n) is 20.1. The van der Waals surface area contributed by atoms with E-state index in [1.165, 1.54) is 0 Å². The maximum Gasteiger partial charge on any atom is 0.225 e. The van der Waals surface area contributed by atoms with Crippen molar-refractivity contribution >= 4 is 29.2 Å². The lowest BCUT2D eigenvalue weighted by atomic mass is 9.92. The number of piperidine rings is 1. The zero-order chi connectivity index (χ0) is 24.9. The SMILES string of the molecule is CNc1nc(-c2ccc(C(=N)N)c(N)c2)cc(N2CC(C(=O)NCc3ccccc3)CCC2C)n1. The first-order valence-electron chi connectivity index (χ1n) is 11.7. The zero-order valence-corrected chi connectivity index (χ0v) is 20.1. The maximum atomic E-state index is 13.0. The second-order valence-electron chi connectivity index (χ2n) is 8.88. The highest BCUT2D eigenvalue weighted by Gasteiger charge is 2.31. The molecule has 35 heavy (non-hydrogen) atoms. The fourth-order valence-electron chi connectivity index (χ4n) is 4.38. The van der Waals surface area contributed by atoms with Crippen LogP contribution >= 0.6 is 0 Å². The number of carbonyl (C=O) groups excluding carboxylic acids is 1. The second-order valence-corrected chi connectivity index (χ2v) is 8.88. The van der Waals surface area contributed by atoms with Gasteiger partial charge in [0, 0.05) is 49.1 Å². The summed E-state index contributed by atoms with van der Waals surface area (Å²) < 4.78 is 0. The molecule has 0 bridgehead atoms. The van der Waals surface area contributed by atoms with Crippen LogP contribution in [0.25, 0.3) is 11.3 Å². The summed E-state index contributed by atoms with van der Waals surface area (Å²) in [4.78, 5) is 24.4. The minimum absolute atomic E-state index is 0.0569. The van der Waals surface area contributed by atoms with Crippen molar-refractivity contribution in [3.05, 3.63) is 65.7 Å². The largest absolute Gasteiger partial charge is 0.398 e. The summed E-state index contributed by atoms with van der Waals surface area (Å²) in [5.41, 5.74) is 15.2. The van der Waals surface area contributed by atoms with Crippen LogP contribution in [0.5, 0.6) is 0 Å². The Hall–Kier alpha value is -4.14. The Morgan fingerprint density at radius 3 is 2.60 bits per heavy atom. The molecule has 2 atom stereocenters. The van der Waals surface area contributed by atoms with Gasteiger partial charge in [-0.15, -0.1) is 0 Å². The van der Waals surface area contributed by atoms with E-state index >= 15 is 0 Å². The van der Waals surface area contributed by atoms with Crippen molar-refractivity contribution in [2.75, 3.05) is 29.5 Å². The van der Waals surface area contributed by atoms with Gasteiger partial charge in [-0.25, -0.2) is 4.98 Å². The molecule has 7 N–H and O–H groups in total. The van der Waals surface area contributed by atoms with E-state index in [4.69, 9.17) is 21.9 Å². The number of aromatic nitrogens is 2. The minimum Gasteiger partial charge on any atom is -0.398 e. The van der Waals surface area contributed by atoms with Gasteiger partial charge in [-0.05, 0) is 37.5 Å². The lowest BCUT2D eigenvalue weighted by Crippen LogP contribution is -2.47. The van der Waals surface area contributed by atoms with E-state index < -0.39 is 0 Å². The summed E-state index contributed by atoms with van der Waals surface area (Å²) in [5, 5.41) is 13.8. The number of benzene rings is 2. The fraction of sp³-hybridized carbons (Fsp3) is 0.308. The number of nitrogens with zero attached hydrogens (tertiary/aromatic N) is 3. The van der Waals surface area contributed by atoms with E-state index in [9.17, 15) is 4.79 Å². The minimum atomic E-state index is -0.128. The Labute approximate surface area is 205 Å². The van der Waals surface area contributed by atoms with Crippen molar-refractivity contribution in [1.82, 2.24) is 15.3 Å². The molecule has 0 aliphatic carbocycles. The molecule has 182 valence electrons. The third-order valence-electron chi connectivity index (χ3n) is 6.43. The molecular formula is C26H32N8O. The van der Waals surface area contributed by atoms with E-state index in [-0.39, 0.29) is 23.7 Å². The van der Waals surface area contributed by atoms with Crippen molar-refractivity contribution in [3.8, 4) is 11.3 Å². The van der Waals surface area contributed by atoms with Gasteiger partial charge >= 0.3 is 0 Å². The van der Waals surface area contributed by atoms with Crippen LogP contribution in [0.2, 0.25) is 0 Å². The molecule has 2 aromatic carbocycles. The first kappa shape index (κ1) is 24.0. The summed E-state index contributed by atoms with van der Waals surface area (Å²) in [6.45, 7) is 3.25. The van der Waals surface area contributed by atoms with Gasteiger partial charge in [0.15, 0.2) is 0 Å². The molecular weight excluding hydrogens is 440 g/mol. The summed E-state index contributed by atoms with van der Waals surface area (Å²) in [7, 11) is 1.77. The molecule has 0 radical (unpaired) electrons. The first-order valence-corrected chi connectivity index (χ1v) is 11.7. The Balaban J connectivity index is 1.56. The predicted octanol–water partition coefficient (Wildman–Crippen LogP) is 2.97. The Bertz CT molecular complexity index is 1210. The normalized spacial score (nSPS) is 17.6. The van der Waals surface area contributed by atoms with Gasteiger partial charge in [0.05, 0.1) is 11.6 Å². The van der Waals surface area contributed by atoms with Gasteiger partial charge in [-0.3, -0.25) is 10.2 Å². The Morgan fingerprint density at radius 1 is 1.14 bits per heavy atom. The van der Waals surface area contributed by atoms with Crippen molar-refractivity contribution in [3.63, 3.8) is 0 Å². The number of amides is 1. The van der Waals surface area contributed by atoms with Gasteiger partial charge in [0.2, 0.25) is 11.9 Å². The highest BCUT2D eigenvalue weighted by Crippen LogP contribution is 2.31. The van der Waals surface area contributed by atoms with Crippen LogP contribution in [0.15, 0.2) is 54.6 Å². The van der Waals surface area contributed by atoms with E-state index in [2.05, 4.69) is 27.4 Å². The van der Waals surface area contributed by atoms with Crippen molar-refractivity contribution in [2.24, 2.45) is 11.7 Å². The number of nitrogen functional groups attached to an aromatic ring is 2. The third kappa shape index (κ3) is 5.51. The summed E-state index contributed by atoms with van der Waals surface area (Å²) in [6.07, 6.45) is 1.72. The quantitative estimate of drug-likeness (QED) is 0.202. The smallest absolute Gasteiger partial charge is 0.225 e. The van der Waals surface area contributed by atoms with Crippen LogP contribution in [-0.2, 0) is 11.3 Å². The van der Waals surface area contributed by atoms with Gasteiger partial charge < -0.3 is 27.0 Å². The van der Waals surface area contributed by atoms with Crippen molar-refractivity contribution < 1.29 is 4.79 Å². The summed E-state index contributed by atoms with van der Waals surface area (Å²) in [6, 6.07) is 17.4. The average molecular weight is 473 g/mol. The van der Waals surface area contributed by atoms with Crippen LogP contribution in [0.3, 0.4) is 0 Å². The van der Waals surface area contributed by atoms with Crippen LogP contribution in [0.1, 0.15) is 30.9 Å². The Kier molecular flexibility index (Phi) is 7.14. The molecule has 1 saturated heterocycles. The molecule has 1 fully saturated rings. The van der Waals surface area contributed by atoms with Crippen molar-refractivity contribution in [1.29, 1.82) is 5.41 Å². The van der Waals surface area contributed by atoms with Gasteiger partial charge in [-0.2, -0.15) is 4.98 Å². The van der Waals surface area contributed by atoms with E-state index in [0.29, 0.717) is 36.0 Å². The standard InChI is InChI=1S/C26H32N8O/c1-16-8-9-19(25(35)31-14-17-6-4-3-5-7-17)15-34(16)23-13-22(32-26(30-2)33-23)18-10-11-20(24(28)29)21(27)12-18/h3-7,10-13,16,19H,8-9,14-15,27H2,1-2H3,(H3,28,29)(H,31,35)(H,30,32,33). The molecule has 9 nitrogen and oxygen atoms in total. The van der Waals surface area contributed by atoms with E-state index in [1.807, 2.05) is 42.5 Å². The average Bonchev–Trinajstić information content (AvgIpc) is 2.87. The number of nitrogens with one attached hydrogen (secondary N) is 3. The lowest BCUT2D eigenvalue weighted by Gasteiger charge is -2.38. The molecule has 4 rings (SSSR count). The number of carbonyl (C=O) groups is 1. The van der Waals surface area contributed by atoms with Crippen LogP contribution in [-0.4, -0.2) is 41.3 Å². The summed E-state index contributed by atoms with van der Waals surface area (Å²) in [5.74, 6) is 1.08. The highest BCUT2D eigenvalue weighted by molar-refractivity contribution is 6.00. The van der Waals surface area contributed by atoms with Gasteiger partial charge in [0.1, 0.15) is 11.7 Å². The van der Waals surface area contributed by atoms with Crippen LogP contribution in [0.4, 0.5) is 17.5 Å². The van der Waals surface area contributed by atoms with Crippen molar-refractivity contribution in [2.45, 2.75) is 32.4 Å². The van der Waals surface area contributed by atoms with E-state index in [0.717, 1.165) is 29.8 Å². The number of nitrogens with two attached hydrogens (primary N) is 2. The number of rotatable bonds is 7. The van der Waals surface area contributed by atoms with Gasteiger partial charge in [0.25, 0.3) is 0 Å². The lowest BCUT2D eigenvalue weighted by molar-refractivity contribution is -0.125. The molecule has 3 aromatic rings.